The van der Waals surface area contributed by atoms with E-state index in [-0.39, 0.29) is 16.7 Å². The first-order valence-corrected chi connectivity index (χ1v) is 10.3. The molecule has 0 saturated carbocycles. The number of nitrogens with two attached hydrogens (primary N) is 1. The molecule has 1 heterocycles. The van der Waals surface area contributed by atoms with Gasteiger partial charge in [-0.15, -0.1) is 0 Å². The monoisotopic (exact) mass is 420 g/mol. The van der Waals surface area contributed by atoms with Gasteiger partial charge >= 0.3 is 0 Å². The molecule has 0 unspecified atom stereocenters. The molecule has 0 aromatic heterocycles. The molecule has 6 heteroatoms. The average molecular weight is 421 g/mol. The zero-order valence-corrected chi connectivity index (χ0v) is 18.0. The molecule has 0 atom stereocenters. The fourth-order valence-electron chi connectivity index (χ4n) is 3.79. The third-order valence-electron chi connectivity index (χ3n) is 5.63. The minimum absolute atomic E-state index is 0.0231. The molecule has 0 aliphatic carbocycles. The number of benzene rings is 2. The topological polar surface area (TPSA) is 94.0 Å². The van der Waals surface area contributed by atoms with Crippen LogP contribution in [0.15, 0.2) is 47.5 Å². The SMILES string of the molecule is CC(=N)/C(Cl)=C(\N)c1cc(C(=O)N2CCC(c3ccc(C#N)cc3)CC2)ccc1C. The van der Waals surface area contributed by atoms with Gasteiger partial charge in [0.25, 0.3) is 5.91 Å². The van der Waals surface area contributed by atoms with Crippen molar-refractivity contribution in [2.45, 2.75) is 32.6 Å². The Morgan fingerprint density at radius 1 is 1.20 bits per heavy atom. The number of hydrogen-bond acceptors (Lipinski definition) is 4. The molecule has 0 radical (unpaired) electrons. The van der Waals surface area contributed by atoms with Crippen LogP contribution in [0, 0.1) is 23.7 Å². The van der Waals surface area contributed by atoms with E-state index in [1.807, 2.05) is 48.2 Å². The van der Waals surface area contributed by atoms with Crippen LogP contribution in [0.5, 0.6) is 0 Å². The van der Waals surface area contributed by atoms with E-state index < -0.39 is 0 Å². The smallest absolute Gasteiger partial charge is 0.253 e. The lowest BCUT2D eigenvalue weighted by Gasteiger charge is -2.32. The number of hydrogen-bond donors (Lipinski definition) is 2. The molecule has 1 aliphatic heterocycles. The number of halogens is 1. The Balaban J connectivity index is 1.73. The molecule has 0 spiro atoms. The van der Waals surface area contributed by atoms with Crippen LogP contribution >= 0.6 is 11.6 Å². The number of nitrogens with zero attached hydrogens (tertiary/aromatic N) is 2. The summed E-state index contributed by atoms with van der Waals surface area (Å²) in [4.78, 5) is 14.9. The summed E-state index contributed by atoms with van der Waals surface area (Å²) in [5, 5.41) is 16.8. The van der Waals surface area contributed by atoms with Gasteiger partial charge in [-0.3, -0.25) is 4.79 Å². The van der Waals surface area contributed by atoms with Crippen LogP contribution in [0.25, 0.3) is 5.70 Å². The van der Waals surface area contributed by atoms with Gasteiger partial charge in [-0.1, -0.05) is 29.8 Å². The van der Waals surface area contributed by atoms with E-state index in [1.54, 1.807) is 13.0 Å². The molecule has 3 rings (SSSR count). The molecule has 2 aromatic carbocycles. The number of aryl methyl sites for hydroxylation is 1. The summed E-state index contributed by atoms with van der Waals surface area (Å²) < 4.78 is 0. The molecule has 3 N–H and O–H groups in total. The first-order valence-electron chi connectivity index (χ1n) is 9.93. The number of allylic oxidation sites excluding steroid dienone is 1. The molecule has 1 amide bonds. The van der Waals surface area contributed by atoms with Crippen LogP contribution in [0.2, 0.25) is 0 Å². The van der Waals surface area contributed by atoms with E-state index in [4.69, 9.17) is 28.0 Å². The van der Waals surface area contributed by atoms with Crippen LogP contribution in [-0.4, -0.2) is 29.6 Å². The van der Waals surface area contributed by atoms with Crippen molar-refractivity contribution in [2.75, 3.05) is 13.1 Å². The minimum Gasteiger partial charge on any atom is -0.397 e. The van der Waals surface area contributed by atoms with Crippen molar-refractivity contribution >= 4 is 28.9 Å². The van der Waals surface area contributed by atoms with Crippen molar-refractivity contribution in [3.8, 4) is 6.07 Å². The lowest BCUT2D eigenvalue weighted by Crippen LogP contribution is -2.38. The van der Waals surface area contributed by atoms with Gasteiger partial charge < -0.3 is 16.0 Å². The summed E-state index contributed by atoms with van der Waals surface area (Å²) in [7, 11) is 0. The number of rotatable bonds is 4. The fraction of sp³-hybridized carbons (Fsp3) is 0.292. The number of likely N-dealkylation sites (tertiary alicyclic amines) is 1. The van der Waals surface area contributed by atoms with Gasteiger partial charge in [-0.25, -0.2) is 0 Å². The van der Waals surface area contributed by atoms with Gasteiger partial charge in [0.15, 0.2) is 0 Å². The van der Waals surface area contributed by atoms with Gasteiger partial charge in [-0.2, -0.15) is 5.26 Å². The predicted molar refractivity (Wildman–Crippen MR) is 121 cm³/mol. The number of piperidine rings is 1. The Hall–Kier alpha value is -3.10. The summed E-state index contributed by atoms with van der Waals surface area (Å²) in [5.41, 5.74) is 10.7. The van der Waals surface area contributed by atoms with Gasteiger partial charge in [0.05, 0.1) is 22.4 Å². The van der Waals surface area contributed by atoms with Gasteiger partial charge in [-0.05, 0) is 68.0 Å². The lowest BCUT2D eigenvalue weighted by molar-refractivity contribution is 0.0713. The summed E-state index contributed by atoms with van der Waals surface area (Å²) in [6.45, 7) is 4.84. The van der Waals surface area contributed by atoms with Crippen LogP contribution in [0.4, 0.5) is 0 Å². The molecule has 1 aliphatic rings. The zero-order chi connectivity index (χ0) is 21.8. The van der Waals surface area contributed by atoms with Crippen LogP contribution in [-0.2, 0) is 0 Å². The minimum atomic E-state index is -0.0231. The Labute approximate surface area is 182 Å². The second-order valence-electron chi connectivity index (χ2n) is 7.68. The van der Waals surface area contributed by atoms with Crippen molar-refractivity contribution in [3.63, 3.8) is 0 Å². The number of nitrogens with one attached hydrogen (secondary N) is 1. The van der Waals surface area contributed by atoms with Crippen molar-refractivity contribution in [2.24, 2.45) is 5.73 Å². The summed E-state index contributed by atoms with van der Waals surface area (Å²) in [6.07, 6.45) is 1.77. The maximum absolute atomic E-state index is 13.1. The second kappa shape index (κ2) is 9.15. The maximum Gasteiger partial charge on any atom is 0.253 e. The van der Waals surface area contributed by atoms with E-state index in [1.165, 1.54) is 5.56 Å². The second-order valence-corrected chi connectivity index (χ2v) is 8.06. The summed E-state index contributed by atoms with van der Waals surface area (Å²) >= 11 is 6.16. The van der Waals surface area contributed by atoms with Crippen molar-refractivity contribution in [1.82, 2.24) is 4.90 Å². The highest BCUT2D eigenvalue weighted by molar-refractivity contribution is 6.45. The third-order valence-corrected chi connectivity index (χ3v) is 6.12. The highest BCUT2D eigenvalue weighted by Crippen LogP contribution is 2.29. The highest BCUT2D eigenvalue weighted by Gasteiger charge is 2.25. The molecular weight excluding hydrogens is 396 g/mol. The average Bonchev–Trinajstić information content (AvgIpc) is 2.78. The Morgan fingerprint density at radius 3 is 2.40 bits per heavy atom. The van der Waals surface area contributed by atoms with Crippen molar-refractivity contribution in [1.29, 1.82) is 10.7 Å². The molecule has 5 nitrogen and oxygen atoms in total. The van der Waals surface area contributed by atoms with E-state index in [0.29, 0.717) is 41.4 Å². The van der Waals surface area contributed by atoms with Crippen LogP contribution in [0.3, 0.4) is 0 Å². The zero-order valence-electron chi connectivity index (χ0n) is 17.2. The standard InChI is InChI=1S/C24H25ClN4O/c1-15-3-6-20(13-21(15)23(28)22(25)16(2)27)24(30)29-11-9-19(10-12-29)18-7-4-17(14-26)5-8-18/h3-8,13,19,27H,9-12,28H2,1-2H3/b23-22+,27-16?. The van der Waals surface area contributed by atoms with Crippen molar-refractivity contribution in [3.05, 3.63) is 75.3 Å². The molecule has 0 bridgehead atoms. The predicted octanol–water partition coefficient (Wildman–Crippen LogP) is 4.79. The van der Waals surface area contributed by atoms with Gasteiger partial charge in [0.1, 0.15) is 0 Å². The molecule has 1 saturated heterocycles. The van der Waals surface area contributed by atoms with E-state index >= 15 is 0 Å². The molecular formula is C24H25ClN4O. The van der Waals surface area contributed by atoms with Gasteiger partial charge in [0.2, 0.25) is 0 Å². The molecule has 2 aromatic rings. The number of amides is 1. The third kappa shape index (κ3) is 4.55. The number of carbonyl (C=O) groups is 1. The fourth-order valence-corrected chi connectivity index (χ4v) is 3.90. The van der Waals surface area contributed by atoms with Gasteiger partial charge in [0, 0.05) is 29.9 Å². The van der Waals surface area contributed by atoms with E-state index in [0.717, 1.165) is 18.4 Å². The number of nitriles is 1. The van der Waals surface area contributed by atoms with E-state index in [2.05, 4.69) is 6.07 Å². The molecule has 30 heavy (non-hydrogen) atoms. The van der Waals surface area contributed by atoms with E-state index in [9.17, 15) is 4.79 Å². The number of carbonyl (C=O) groups excluding carboxylic acids is 1. The Morgan fingerprint density at radius 2 is 1.83 bits per heavy atom. The quantitative estimate of drug-likeness (QED) is 0.696. The summed E-state index contributed by atoms with van der Waals surface area (Å²) in [5.74, 6) is 0.369. The van der Waals surface area contributed by atoms with Crippen LogP contribution < -0.4 is 5.73 Å². The summed E-state index contributed by atoms with van der Waals surface area (Å²) in [6, 6.07) is 15.3. The van der Waals surface area contributed by atoms with Crippen LogP contribution in [0.1, 0.15) is 58.3 Å². The normalized spacial score (nSPS) is 15.3. The largest absolute Gasteiger partial charge is 0.397 e. The Kier molecular flexibility index (Phi) is 6.59. The first kappa shape index (κ1) is 21.6. The van der Waals surface area contributed by atoms with Crippen molar-refractivity contribution < 1.29 is 4.79 Å². The first-order chi connectivity index (χ1) is 14.3. The Bertz CT molecular complexity index is 1040. The maximum atomic E-state index is 13.1. The molecule has 154 valence electrons. The lowest BCUT2D eigenvalue weighted by atomic mass is 9.88. The molecule has 1 fully saturated rings. The highest BCUT2D eigenvalue weighted by atomic mass is 35.5.